The van der Waals surface area contributed by atoms with Gasteiger partial charge in [0.1, 0.15) is 11.6 Å². The Morgan fingerprint density at radius 3 is 3.08 bits per heavy atom. The zero-order chi connectivity index (χ0) is 17.9. The fraction of sp³-hybridized carbons (Fsp3) is 0.278. The number of nitrogens with one attached hydrogen (secondary N) is 1. The Hall–Kier alpha value is -3.29. The van der Waals surface area contributed by atoms with E-state index < -0.39 is 6.10 Å². The number of hydrogen-bond acceptors (Lipinski definition) is 6. The maximum absolute atomic E-state index is 12.2. The van der Waals surface area contributed by atoms with Crippen molar-refractivity contribution in [2.45, 2.75) is 19.4 Å². The summed E-state index contributed by atoms with van der Waals surface area (Å²) in [7, 11) is 0. The molecule has 0 radical (unpaired) electrons. The number of carbonyl (C=O) groups excluding carboxylic acids is 1. The van der Waals surface area contributed by atoms with E-state index in [9.17, 15) is 4.79 Å². The maximum atomic E-state index is 12.2. The Morgan fingerprint density at radius 2 is 2.15 bits per heavy atom. The third-order valence-corrected chi connectivity index (χ3v) is 4.06. The van der Waals surface area contributed by atoms with E-state index in [1.54, 1.807) is 25.1 Å². The van der Waals surface area contributed by atoms with Gasteiger partial charge in [0.05, 0.1) is 0 Å². The highest BCUT2D eigenvalue weighted by molar-refractivity contribution is 5.80. The minimum Gasteiger partial charge on any atom is -0.481 e. The van der Waals surface area contributed by atoms with Crippen LogP contribution in [0.1, 0.15) is 12.7 Å². The molecule has 0 spiro atoms. The molecule has 1 N–H and O–H groups in total. The summed E-state index contributed by atoms with van der Waals surface area (Å²) in [5, 5.41) is 11.1. The highest BCUT2D eigenvalue weighted by atomic mass is 16.7. The lowest BCUT2D eigenvalue weighted by Gasteiger charge is -2.14. The van der Waals surface area contributed by atoms with E-state index in [0.29, 0.717) is 30.2 Å². The lowest BCUT2D eigenvalue weighted by Crippen LogP contribution is -2.37. The van der Waals surface area contributed by atoms with Crippen molar-refractivity contribution in [1.82, 2.24) is 19.9 Å². The fourth-order valence-electron chi connectivity index (χ4n) is 2.71. The van der Waals surface area contributed by atoms with Crippen LogP contribution in [0.5, 0.6) is 17.2 Å². The van der Waals surface area contributed by atoms with Crippen LogP contribution < -0.4 is 19.5 Å². The second-order valence-electron chi connectivity index (χ2n) is 5.86. The molecule has 134 valence electrons. The van der Waals surface area contributed by atoms with Crippen LogP contribution in [0.15, 0.2) is 42.6 Å². The van der Waals surface area contributed by atoms with Gasteiger partial charge in [0.2, 0.25) is 6.79 Å². The van der Waals surface area contributed by atoms with E-state index in [0.717, 1.165) is 11.5 Å². The Labute approximate surface area is 149 Å². The molecule has 1 aliphatic heterocycles. The predicted molar refractivity (Wildman–Crippen MR) is 92.4 cm³/mol. The van der Waals surface area contributed by atoms with Gasteiger partial charge in [-0.3, -0.25) is 9.20 Å². The molecule has 3 aromatic rings. The van der Waals surface area contributed by atoms with Gasteiger partial charge in [0.15, 0.2) is 23.3 Å². The number of benzene rings is 1. The zero-order valence-electron chi connectivity index (χ0n) is 14.2. The maximum Gasteiger partial charge on any atom is 0.260 e. The first kappa shape index (κ1) is 16.2. The molecule has 26 heavy (non-hydrogen) atoms. The number of pyridine rings is 1. The zero-order valence-corrected chi connectivity index (χ0v) is 14.2. The summed E-state index contributed by atoms with van der Waals surface area (Å²) in [6.07, 6.45) is 1.84. The molecule has 1 atom stereocenters. The van der Waals surface area contributed by atoms with Crippen LogP contribution in [0.25, 0.3) is 5.65 Å². The second-order valence-corrected chi connectivity index (χ2v) is 5.86. The molecule has 0 saturated carbocycles. The number of amides is 1. The van der Waals surface area contributed by atoms with Gasteiger partial charge >= 0.3 is 0 Å². The van der Waals surface area contributed by atoms with E-state index in [-0.39, 0.29) is 12.7 Å². The summed E-state index contributed by atoms with van der Waals surface area (Å²) < 4.78 is 18.1. The minimum atomic E-state index is -0.634. The number of hydrogen-bond donors (Lipinski definition) is 1. The van der Waals surface area contributed by atoms with E-state index in [1.807, 2.05) is 28.8 Å². The van der Waals surface area contributed by atoms with Crippen molar-refractivity contribution < 1.29 is 19.0 Å². The average Bonchev–Trinajstić information content (AvgIpc) is 3.28. The molecule has 8 nitrogen and oxygen atoms in total. The van der Waals surface area contributed by atoms with Crippen LogP contribution in [-0.2, 0) is 11.2 Å². The monoisotopic (exact) mass is 354 g/mol. The smallest absolute Gasteiger partial charge is 0.260 e. The molecule has 8 heteroatoms. The van der Waals surface area contributed by atoms with Crippen molar-refractivity contribution in [3.05, 3.63) is 48.4 Å². The van der Waals surface area contributed by atoms with E-state index >= 15 is 0 Å². The number of fused-ring (bicyclic) bond motifs is 2. The molecular weight excluding hydrogens is 336 g/mol. The number of carbonyl (C=O) groups is 1. The van der Waals surface area contributed by atoms with Gasteiger partial charge in [0.25, 0.3) is 5.91 Å². The lowest BCUT2D eigenvalue weighted by atomic mass is 10.3. The Morgan fingerprint density at radius 1 is 1.27 bits per heavy atom. The Bertz CT molecular complexity index is 940. The van der Waals surface area contributed by atoms with Gasteiger partial charge in [-0.05, 0) is 31.2 Å². The van der Waals surface area contributed by atoms with Crippen molar-refractivity contribution in [2.24, 2.45) is 0 Å². The molecule has 3 heterocycles. The molecule has 1 amide bonds. The van der Waals surface area contributed by atoms with E-state index in [4.69, 9.17) is 14.2 Å². The minimum absolute atomic E-state index is 0.198. The normalized spacial score (nSPS) is 13.6. The number of ether oxygens (including phenoxy) is 3. The predicted octanol–water partition coefficient (Wildman–Crippen LogP) is 1.58. The number of aromatic nitrogens is 3. The lowest BCUT2D eigenvalue weighted by molar-refractivity contribution is -0.127. The van der Waals surface area contributed by atoms with Crippen LogP contribution in [0, 0.1) is 0 Å². The van der Waals surface area contributed by atoms with Gasteiger partial charge in [-0.1, -0.05) is 6.07 Å². The Kier molecular flexibility index (Phi) is 4.30. The standard InChI is InChI=1S/C18H18N4O4/c1-12(26-13-5-6-14-15(10-13)25-11-24-14)18(23)19-8-7-17-21-20-16-4-2-3-9-22(16)17/h2-6,9-10,12H,7-8,11H2,1H3,(H,19,23). The molecule has 2 aromatic heterocycles. The van der Waals surface area contributed by atoms with Gasteiger partial charge in [-0.25, -0.2) is 0 Å². The van der Waals surface area contributed by atoms with Crippen molar-refractivity contribution in [1.29, 1.82) is 0 Å². The number of rotatable bonds is 6. The van der Waals surface area contributed by atoms with E-state index in [2.05, 4.69) is 15.5 Å². The van der Waals surface area contributed by atoms with Gasteiger partial charge in [-0.2, -0.15) is 0 Å². The first-order valence-corrected chi connectivity index (χ1v) is 8.33. The molecule has 0 fully saturated rings. The number of nitrogens with zero attached hydrogens (tertiary/aromatic N) is 3. The summed E-state index contributed by atoms with van der Waals surface area (Å²) in [4.78, 5) is 12.2. The molecule has 4 rings (SSSR count). The highest BCUT2D eigenvalue weighted by Crippen LogP contribution is 2.35. The van der Waals surface area contributed by atoms with Crippen molar-refractivity contribution in [3.63, 3.8) is 0 Å². The summed E-state index contributed by atoms with van der Waals surface area (Å²) in [5.74, 6) is 2.45. The third kappa shape index (κ3) is 3.26. The summed E-state index contributed by atoms with van der Waals surface area (Å²) in [6.45, 7) is 2.35. The topological polar surface area (TPSA) is 87.0 Å². The second kappa shape index (κ2) is 6.91. The molecular formula is C18H18N4O4. The largest absolute Gasteiger partial charge is 0.481 e. The van der Waals surface area contributed by atoms with Gasteiger partial charge in [0, 0.05) is 25.2 Å². The molecule has 1 unspecified atom stereocenters. The highest BCUT2D eigenvalue weighted by Gasteiger charge is 2.18. The molecule has 0 bridgehead atoms. The first-order chi connectivity index (χ1) is 12.7. The summed E-state index contributed by atoms with van der Waals surface area (Å²) in [5.41, 5.74) is 0.785. The molecule has 1 aromatic carbocycles. The molecule has 1 aliphatic rings. The van der Waals surface area contributed by atoms with Gasteiger partial charge in [-0.15, -0.1) is 10.2 Å². The van der Waals surface area contributed by atoms with Crippen molar-refractivity contribution in [3.8, 4) is 17.2 Å². The van der Waals surface area contributed by atoms with Gasteiger partial charge < -0.3 is 19.5 Å². The quantitative estimate of drug-likeness (QED) is 0.723. The first-order valence-electron chi connectivity index (χ1n) is 8.33. The van der Waals surface area contributed by atoms with Crippen LogP contribution in [-0.4, -0.2) is 39.9 Å². The summed E-state index contributed by atoms with van der Waals surface area (Å²) >= 11 is 0. The van der Waals surface area contributed by atoms with Crippen LogP contribution >= 0.6 is 0 Å². The third-order valence-electron chi connectivity index (χ3n) is 4.06. The van der Waals surface area contributed by atoms with Crippen LogP contribution in [0.2, 0.25) is 0 Å². The fourth-order valence-corrected chi connectivity index (χ4v) is 2.71. The van der Waals surface area contributed by atoms with Crippen molar-refractivity contribution >= 4 is 11.6 Å². The Balaban J connectivity index is 1.30. The van der Waals surface area contributed by atoms with Crippen LogP contribution in [0.3, 0.4) is 0 Å². The van der Waals surface area contributed by atoms with E-state index in [1.165, 1.54) is 0 Å². The summed E-state index contributed by atoms with van der Waals surface area (Å²) in [6, 6.07) is 10.9. The molecule has 0 saturated heterocycles. The van der Waals surface area contributed by atoms with Crippen molar-refractivity contribution in [2.75, 3.05) is 13.3 Å². The van der Waals surface area contributed by atoms with Crippen LogP contribution in [0.4, 0.5) is 0 Å². The average molecular weight is 354 g/mol. The SMILES string of the molecule is CC(Oc1ccc2c(c1)OCO2)C(=O)NCCc1nnc2ccccn12. The molecule has 0 aliphatic carbocycles.